The lowest BCUT2D eigenvalue weighted by Crippen LogP contribution is -2.50. The molecule has 1 aromatic carbocycles. The highest BCUT2D eigenvalue weighted by atomic mass is 16.6. The quantitative estimate of drug-likeness (QED) is 0.111. The lowest BCUT2D eigenvalue weighted by atomic mass is 10.2. The summed E-state index contributed by atoms with van der Waals surface area (Å²) in [5.41, 5.74) is -0.174. The monoisotopic (exact) mass is 622 g/mol. The standard InChI is InChI=1S/C27H38N6O11/c1-20(2)32(19-27(41)44-22-5-3-21(4-6-22)33(42)43)23(34)15-28-7-9-29(16-24(35)36)11-13-31(18-26(39)40)14-12-30(10-8-28)17-25(37)38/h3-6,11,13,20H,7-10,12,14-19H2,1-2H3,(H,35,36)(H,37,38)(H,39,40)/b13-11-. The zero-order valence-corrected chi connectivity index (χ0v) is 24.6. The van der Waals surface area contributed by atoms with Crippen LogP contribution >= 0.6 is 0 Å². The van der Waals surface area contributed by atoms with Crippen molar-refractivity contribution in [3.8, 4) is 5.75 Å². The van der Waals surface area contributed by atoms with Crippen molar-refractivity contribution >= 4 is 35.5 Å². The fourth-order valence-electron chi connectivity index (χ4n) is 4.28. The van der Waals surface area contributed by atoms with Crippen LogP contribution in [0.5, 0.6) is 5.75 Å². The smallest absolute Gasteiger partial charge is 0.331 e. The number of nitrogens with zero attached hydrogens (tertiary/aromatic N) is 6. The molecule has 1 aliphatic heterocycles. The summed E-state index contributed by atoms with van der Waals surface area (Å²) < 4.78 is 5.26. The summed E-state index contributed by atoms with van der Waals surface area (Å²) in [7, 11) is 0. The molecule has 1 aromatic rings. The Morgan fingerprint density at radius 1 is 0.795 bits per heavy atom. The number of amides is 1. The largest absolute Gasteiger partial charge is 0.480 e. The van der Waals surface area contributed by atoms with Crippen LogP contribution in [-0.4, -0.2) is 153 Å². The Kier molecular flexibility index (Phi) is 14.0. The van der Waals surface area contributed by atoms with Gasteiger partial charge >= 0.3 is 23.9 Å². The van der Waals surface area contributed by atoms with Crippen LogP contribution in [0, 0.1) is 10.1 Å². The molecule has 0 saturated heterocycles. The van der Waals surface area contributed by atoms with Crippen LogP contribution in [0.1, 0.15) is 13.8 Å². The van der Waals surface area contributed by atoms with Gasteiger partial charge in [0.1, 0.15) is 25.4 Å². The number of carboxylic acids is 3. The van der Waals surface area contributed by atoms with Gasteiger partial charge in [0.15, 0.2) is 0 Å². The van der Waals surface area contributed by atoms with E-state index >= 15 is 0 Å². The van der Waals surface area contributed by atoms with Crippen LogP contribution in [0.2, 0.25) is 0 Å². The van der Waals surface area contributed by atoms with Gasteiger partial charge in [-0.25, -0.2) is 4.79 Å². The predicted molar refractivity (Wildman–Crippen MR) is 154 cm³/mol. The van der Waals surface area contributed by atoms with Crippen molar-refractivity contribution < 1.29 is 49.0 Å². The molecule has 2 rings (SSSR count). The molecule has 242 valence electrons. The molecule has 17 nitrogen and oxygen atoms in total. The summed E-state index contributed by atoms with van der Waals surface area (Å²) in [5, 5.41) is 38.8. The SMILES string of the molecule is CC(C)N(CC(=O)Oc1ccc([N+](=O)[O-])cc1)C(=O)CN1CCN(CC(=O)O)/C=C\N(CC(=O)O)CCN(CC(=O)O)CC1. The van der Waals surface area contributed by atoms with Gasteiger partial charge in [0.05, 0.1) is 18.0 Å². The van der Waals surface area contributed by atoms with E-state index < -0.39 is 47.3 Å². The second-order valence-electron chi connectivity index (χ2n) is 10.3. The molecule has 0 spiro atoms. The van der Waals surface area contributed by atoms with E-state index in [1.807, 2.05) is 0 Å². The lowest BCUT2D eigenvalue weighted by Gasteiger charge is -2.33. The molecule has 44 heavy (non-hydrogen) atoms. The molecule has 1 amide bonds. The van der Waals surface area contributed by atoms with E-state index in [2.05, 4.69) is 0 Å². The Hall–Kier alpha value is -4.77. The molecule has 0 atom stereocenters. The van der Waals surface area contributed by atoms with Gasteiger partial charge in [0.25, 0.3) is 5.69 Å². The van der Waals surface area contributed by atoms with Crippen LogP contribution in [0.4, 0.5) is 5.69 Å². The third-order valence-electron chi connectivity index (χ3n) is 6.54. The number of non-ortho nitro benzene ring substituents is 1. The molecule has 0 aliphatic carbocycles. The minimum atomic E-state index is -1.11. The first-order chi connectivity index (χ1) is 20.7. The Balaban J connectivity index is 2.19. The van der Waals surface area contributed by atoms with Gasteiger partial charge in [-0.2, -0.15) is 0 Å². The van der Waals surface area contributed by atoms with E-state index in [0.717, 1.165) is 0 Å². The summed E-state index contributed by atoms with van der Waals surface area (Å²) in [6.45, 7) is 2.94. The minimum absolute atomic E-state index is 0.0758. The Morgan fingerprint density at radius 2 is 1.25 bits per heavy atom. The van der Waals surface area contributed by atoms with Gasteiger partial charge in [-0.05, 0) is 26.0 Å². The van der Waals surface area contributed by atoms with Gasteiger partial charge in [-0.1, -0.05) is 0 Å². The summed E-state index contributed by atoms with van der Waals surface area (Å²) in [4.78, 5) is 78.1. The van der Waals surface area contributed by atoms with Crippen molar-refractivity contribution in [3.63, 3.8) is 0 Å². The molecule has 1 heterocycles. The lowest BCUT2D eigenvalue weighted by molar-refractivity contribution is -0.384. The Morgan fingerprint density at radius 3 is 1.68 bits per heavy atom. The number of carboxylic acid groups (broad SMARTS) is 3. The summed E-state index contributed by atoms with van der Waals surface area (Å²) in [6.07, 6.45) is 2.90. The van der Waals surface area contributed by atoms with Crippen molar-refractivity contribution in [2.75, 3.05) is 72.0 Å². The van der Waals surface area contributed by atoms with E-state index in [1.165, 1.54) is 51.4 Å². The van der Waals surface area contributed by atoms with Crippen LogP contribution in [0.3, 0.4) is 0 Å². The highest BCUT2D eigenvalue weighted by molar-refractivity contribution is 5.84. The van der Waals surface area contributed by atoms with E-state index in [4.69, 9.17) is 4.74 Å². The number of aliphatic carboxylic acids is 3. The van der Waals surface area contributed by atoms with Crippen molar-refractivity contribution in [1.82, 2.24) is 24.5 Å². The van der Waals surface area contributed by atoms with E-state index in [0.29, 0.717) is 0 Å². The third kappa shape index (κ3) is 13.0. The number of benzene rings is 1. The molecule has 1 aliphatic rings. The van der Waals surface area contributed by atoms with Crippen LogP contribution in [-0.2, 0) is 24.0 Å². The molecule has 0 radical (unpaired) electrons. The fraction of sp³-hybridized carbons (Fsp3) is 0.519. The third-order valence-corrected chi connectivity index (χ3v) is 6.54. The molecule has 3 N–H and O–H groups in total. The topological polar surface area (TPSA) is 215 Å². The second kappa shape index (κ2) is 17.4. The predicted octanol–water partition coefficient (Wildman–Crippen LogP) is -0.316. The summed E-state index contributed by atoms with van der Waals surface area (Å²) >= 11 is 0. The maximum absolute atomic E-state index is 13.4. The first-order valence-corrected chi connectivity index (χ1v) is 13.7. The first kappa shape index (κ1) is 35.4. The van der Waals surface area contributed by atoms with Gasteiger partial charge in [0.2, 0.25) is 5.91 Å². The highest BCUT2D eigenvalue weighted by Crippen LogP contribution is 2.17. The van der Waals surface area contributed by atoms with Crippen LogP contribution in [0.15, 0.2) is 36.7 Å². The molecule has 17 heteroatoms. The zero-order chi connectivity index (χ0) is 32.8. The van der Waals surface area contributed by atoms with E-state index in [1.54, 1.807) is 23.6 Å². The highest BCUT2D eigenvalue weighted by Gasteiger charge is 2.25. The normalized spacial score (nSPS) is 16.0. The van der Waals surface area contributed by atoms with Gasteiger partial charge < -0.3 is 34.8 Å². The van der Waals surface area contributed by atoms with Crippen molar-refractivity contribution in [3.05, 3.63) is 46.8 Å². The van der Waals surface area contributed by atoms with Crippen LogP contribution < -0.4 is 4.74 Å². The number of ether oxygens (including phenoxy) is 1. The number of rotatable bonds is 13. The number of carbonyl (C=O) groups is 5. The first-order valence-electron chi connectivity index (χ1n) is 13.7. The second-order valence-corrected chi connectivity index (χ2v) is 10.3. The van der Waals surface area contributed by atoms with Crippen molar-refractivity contribution in [1.29, 1.82) is 0 Å². The number of carbonyl (C=O) groups excluding carboxylic acids is 2. The average molecular weight is 623 g/mol. The molecule has 0 saturated carbocycles. The Bertz CT molecular complexity index is 1210. The van der Waals surface area contributed by atoms with E-state index in [9.17, 15) is 49.4 Å². The zero-order valence-electron chi connectivity index (χ0n) is 24.6. The summed E-state index contributed by atoms with van der Waals surface area (Å²) in [6, 6.07) is 4.51. The maximum atomic E-state index is 13.4. The van der Waals surface area contributed by atoms with Gasteiger partial charge in [-0.15, -0.1) is 0 Å². The molecule has 0 fully saturated rings. The van der Waals surface area contributed by atoms with Crippen molar-refractivity contribution in [2.45, 2.75) is 19.9 Å². The van der Waals surface area contributed by atoms with Crippen molar-refractivity contribution in [2.24, 2.45) is 0 Å². The number of hydrogen-bond acceptors (Lipinski definition) is 12. The van der Waals surface area contributed by atoms with Gasteiger partial charge in [0, 0.05) is 69.8 Å². The number of esters is 1. The molecule has 0 bridgehead atoms. The number of nitro groups is 1. The average Bonchev–Trinajstić information content (AvgIpc) is 2.92. The molecular weight excluding hydrogens is 584 g/mol. The number of hydrogen-bond donors (Lipinski definition) is 3. The molecular formula is C27H38N6O11. The molecule has 0 unspecified atom stereocenters. The van der Waals surface area contributed by atoms with E-state index in [-0.39, 0.29) is 76.9 Å². The Labute approximate surface area is 253 Å². The maximum Gasteiger partial charge on any atom is 0.331 e. The fourth-order valence-corrected chi connectivity index (χ4v) is 4.28. The number of nitro benzene ring substituents is 1. The minimum Gasteiger partial charge on any atom is -0.480 e. The van der Waals surface area contributed by atoms with Crippen LogP contribution in [0.25, 0.3) is 0 Å². The van der Waals surface area contributed by atoms with Gasteiger partial charge in [-0.3, -0.25) is 39.1 Å². The molecule has 0 aromatic heterocycles. The summed E-state index contributed by atoms with van der Waals surface area (Å²) in [5.74, 6) is -4.40.